The average molecular weight is 649 g/mol. The normalized spacial score (nSPS) is 14.1. The molecule has 0 heterocycles. The first-order valence-corrected chi connectivity index (χ1v) is 18.4. The van der Waals surface area contributed by atoms with Crippen molar-refractivity contribution in [1.82, 2.24) is 0 Å². The fourth-order valence-corrected chi connectivity index (χ4v) is 4.93. The third-order valence-corrected chi connectivity index (χ3v) is 7.84. The van der Waals surface area contributed by atoms with Gasteiger partial charge < -0.3 is 24.8 Å². The zero-order valence-electron chi connectivity index (χ0n) is 29.3. The fraction of sp³-hybridized carbons (Fsp3) is 0.744. The number of carbonyl (C=O) groups excluding carboxylic acids is 2. The maximum absolute atomic E-state index is 12.2. The average Bonchev–Trinajstić information content (AvgIpc) is 3.05. The van der Waals surface area contributed by atoms with Crippen molar-refractivity contribution >= 4 is 11.9 Å². The van der Waals surface area contributed by atoms with Crippen molar-refractivity contribution in [3.05, 3.63) is 48.6 Å². The molecule has 0 aliphatic carbocycles. The van der Waals surface area contributed by atoms with Gasteiger partial charge >= 0.3 is 11.9 Å². The van der Waals surface area contributed by atoms with E-state index in [0.717, 1.165) is 44.9 Å². The van der Waals surface area contributed by atoms with Crippen LogP contribution in [0.1, 0.15) is 155 Å². The lowest BCUT2D eigenvalue weighted by Crippen LogP contribution is -2.29. The van der Waals surface area contributed by atoms with E-state index in [-0.39, 0.29) is 25.4 Å². The van der Waals surface area contributed by atoms with E-state index in [2.05, 4.69) is 50.3 Å². The van der Waals surface area contributed by atoms with Crippen molar-refractivity contribution < 1.29 is 34.4 Å². The Bertz CT molecular complexity index is 817. The fourth-order valence-electron chi connectivity index (χ4n) is 4.93. The van der Waals surface area contributed by atoms with Crippen LogP contribution in [0.15, 0.2) is 48.6 Å². The van der Waals surface area contributed by atoms with E-state index in [1.807, 2.05) is 12.2 Å². The first-order chi connectivity index (χ1) is 22.4. The molecule has 0 spiro atoms. The molecule has 0 aromatic carbocycles. The van der Waals surface area contributed by atoms with E-state index in [9.17, 15) is 24.9 Å². The second-order valence-electron chi connectivity index (χ2n) is 12.2. The molecular formula is C39H68O7. The Labute approximate surface area is 281 Å². The predicted molar refractivity (Wildman–Crippen MR) is 189 cm³/mol. The lowest BCUT2D eigenvalue weighted by atomic mass is 10.0. The summed E-state index contributed by atoms with van der Waals surface area (Å²) in [6.45, 7) is 3.76. The molecule has 0 bridgehead atoms. The number of aliphatic hydroxyl groups excluding tert-OH is 3. The second-order valence-corrected chi connectivity index (χ2v) is 12.2. The highest BCUT2D eigenvalue weighted by Crippen LogP contribution is 2.14. The SMILES string of the molecule is CC/C=C\C/C=C\C/C=C\C/C=C\C[C@@H](O)[C@H](O)CCCC(=O)O[C@@H](CO)COC(=O)CCCCCCCCCCCCCCC. The van der Waals surface area contributed by atoms with E-state index in [0.29, 0.717) is 19.3 Å². The molecular weight excluding hydrogens is 580 g/mol. The van der Waals surface area contributed by atoms with Gasteiger partial charge in [-0.05, 0) is 51.4 Å². The van der Waals surface area contributed by atoms with Crippen molar-refractivity contribution in [2.45, 2.75) is 173 Å². The van der Waals surface area contributed by atoms with Crippen LogP contribution in [0.25, 0.3) is 0 Å². The maximum atomic E-state index is 12.2. The number of hydrogen-bond donors (Lipinski definition) is 3. The summed E-state index contributed by atoms with van der Waals surface area (Å²) in [5, 5.41) is 29.9. The Morgan fingerprint density at radius 1 is 0.587 bits per heavy atom. The molecule has 0 fully saturated rings. The smallest absolute Gasteiger partial charge is 0.306 e. The Morgan fingerprint density at radius 2 is 1.07 bits per heavy atom. The summed E-state index contributed by atoms with van der Waals surface area (Å²) < 4.78 is 10.4. The number of unbranched alkanes of at least 4 members (excludes halogenated alkanes) is 12. The molecule has 0 aliphatic rings. The molecule has 0 unspecified atom stereocenters. The Morgan fingerprint density at radius 3 is 1.59 bits per heavy atom. The second kappa shape index (κ2) is 34.1. The summed E-state index contributed by atoms with van der Waals surface area (Å²) in [5.41, 5.74) is 0. The molecule has 3 N–H and O–H groups in total. The third-order valence-electron chi connectivity index (χ3n) is 7.84. The largest absolute Gasteiger partial charge is 0.462 e. The Kier molecular flexibility index (Phi) is 32.5. The third kappa shape index (κ3) is 30.4. The number of rotatable bonds is 32. The molecule has 0 saturated heterocycles. The van der Waals surface area contributed by atoms with Crippen molar-refractivity contribution in [3.63, 3.8) is 0 Å². The number of hydrogen-bond acceptors (Lipinski definition) is 7. The molecule has 266 valence electrons. The van der Waals surface area contributed by atoms with Gasteiger partial charge in [-0.3, -0.25) is 9.59 Å². The van der Waals surface area contributed by atoms with Crippen LogP contribution in [0.4, 0.5) is 0 Å². The van der Waals surface area contributed by atoms with Crippen LogP contribution in [0.2, 0.25) is 0 Å². The summed E-state index contributed by atoms with van der Waals surface area (Å²) >= 11 is 0. The van der Waals surface area contributed by atoms with Gasteiger partial charge in [-0.1, -0.05) is 140 Å². The predicted octanol–water partition coefficient (Wildman–Crippen LogP) is 9.00. The number of aliphatic hydroxyl groups is 3. The highest BCUT2D eigenvalue weighted by atomic mass is 16.6. The first kappa shape index (κ1) is 43.8. The topological polar surface area (TPSA) is 113 Å². The lowest BCUT2D eigenvalue weighted by molar-refractivity contribution is -0.161. The van der Waals surface area contributed by atoms with Crippen LogP contribution in [0.5, 0.6) is 0 Å². The molecule has 0 radical (unpaired) electrons. The zero-order chi connectivity index (χ0) is 33.9. The minimum absolute atomic E-state index is 0.0388. The van der Waals surface area contributed by atoms with E-state index >= 15 is 0 Å². The lowest BCUT2D eigenvalue weighted by Gasteiger charge is -2.17. The standard InChI is InChI=1S/C39H68O7/c1-3-5-7-9-11-13-15-17-19-21-23-25-27-31-38(43)45-34-35(33-40)46-39(44)32-28-30-37(42)36(41)29-26-24-22-20-18-16-14-12-10-8-6-4-2/h6,8,12,14,18,20,24,26,35-37,40-42H,3-5,7,9-11,13,15-17,19,21-23,25,27-34H2,1-2H3/b8-6-,14-12-,20-18-,26-24-/t35-,36+,37+/m0/s1. The van der Waals surface area contributed by atoms with Gasteiger partial charge in [-0.25, -0.2) is 0 Å². The molecule has 0 saturated carbocycles. The molecule has 7 nitrogen and oxygen atoms in total. The summed E-state index contributed by atoms with van der Waals surface area (Å²) in [5.74, 6) is -0.879. The van der Waals surface area contributed by atoms with Gasteiger partial charge in [-0.2, -0.15) is 0 Å². The molecule has 0 aromatic heterocycles. The number of carbonyl (C=O) groups is 2. The quantitative estimate of drug-likeness (QED) is 0.0379. The van der Waals surface area contributed by atoms with Crippen LogP contribution in [0.3, 0.4) is 0 Å². The first-order valence-electron chi connectivity index (χ1n) is 18.4. The maximum Gasteiger partial charge on any atom is 0.306 e. The molecule has 3 atom stereocenters. The molecule has 7 heteroatoms. The molecule has 46 heavy (non-hydrogen) atoms. The van der Waals surface area contributed by atoms with Crippen LogP contribution < -0.4 is 0 Å². The highest BCUT2D eigenvalue weighted by molar-refractivity contribution is 5.70. The van der Waals surface area contributed by atoms with Crippen molar-refractivity contribution in [2.75, 3.05) is 13.2 Å². The van der Waals surface area contributed by atoms with Gasteiger partial charge in [0.2, 0.25) is 0 Å². The summed E-state index contributed by atoms with van der Waals surface area (Å²) in [6, 6.07) is 0. The monoisotopic (exact) mass is 648 g/mol. The Hall–Kier alpha value is -2.22. The van der Waals surface area contributed by atoms with E-state index in [1.54, 1.807) is 0 Å². The van der Waals surface area contributed by atoms with Gasteiger partial charge in [0.05, 0.1) is 18.8 Å². The van der Waals surface area contributed by atoms with Crippen LogP contribution in [-0.2, 0) is 19.1 Å². The van der Waals surface area contributed by atoms with Gasteiger partial charge in [0.25, 0.3) is 0 Å². The number of allylic oxidation sites excluding steroid dienone is 7. The van der Waals surface area contributed by atoms with Crippen LogP contribution >= 0.6 is 0 Å². The van der Waals surface area contributed by atoms with Crippen molar-refractivity contribution in [1.29, 1.82) is 0 Å². The van der Waals surface area contributed by atoms with Gasteiger partial charge in [-0.15, -0.1) is 0 Å². The minimum Gasteiger partial charge on any atom is -0.462 e. The summed E-state index contributed by atoms with van der Waals surface area (Å²) in [4.78, 5) is 24.2. The van der Waals surface area contributed by atoms with E-state index in [1.165, 1.54) is 64.2 Å². The number of esters is 2. The Balaban J connectivity index is 3.86. The molecule has 0 amide bonds. The molecule has 0 aromatic rings. The highest BCUT2D eigenvalue weighted by Gasteiger charge is 2.18. The van der Waals surface area contributed by atoms with Crippen molar-refractivity contribution in [2.24, 2.45) is 0 Å². The molecule has 0 aliphatic heterocycles. The van der Waals surface area contributed by atoms with Crippen LogP contribution in [-0.4, -0.2) is 58.8 Å². The van der Waals surface area contributed by atoms with E-state index < -0.39 is 30.9 Å². The van der Waals surface area contributed by atoms with Gasteiger partial charge in [0.15, 0.2) is 6.10 Å². The van der Waals surface area contributed by atoms with Crippen LogP contribution in [0, 0.1) is 0 Å². The van der Waals surface area contributed by atoms with Crippen molar-refractivity contribution in [3.8, 4) is 0 Å². The summed E-state index contributed by atoms with van der Waals surface area (Å²) in [7, 11) is 0. The number of ether oxygens (including phenoxy) is 2. The zero-order valence-corrected chi connectivity index (χ0v) is 29.3. The van der Waals surface area contributed by atoms with Gasteiger partial charge in [0.1, 0.15) is 6.61 Å². The van der Waals surface area contributed by atoms with Gasteiger partial charge in [0, 0.05) is 12.8 Å². The van der Waals surface area contributed by atoms with E-state index in [4.69, 9.17) is 9.47 Å². The summed E-state index contributed by atoms with van der Waals surface area (Å²) in [6.07, 6.45) is 34.9. The molecule has 0 rings (SSSR count). The minimum atomic E-state index is -0.945.